The first-order valence-corrected chi connectivity index (χ1v) is 14.0. The van der Waals surface area contributed by atoms with Crippen molar-refractivity contribution in [1.29, 1.82) is 0 Å². The van der Waals surface area contributed by atoms with Crippen molar-refractivity contribution in [3.63, 3.8) is 0 Å². The molecule has 0 spiro atoms. The van der Waals surface area contributed by atoms with Gasteiger partial charge in [-0.2, -0.15) is 0 Å². The molecular weight excluding hydrogens is 512 g/mol. The summed E-state index contributed by atoms with van der Waals surface area (Å²) in [6.07, 6.45) is 4.63. The zero-order valence-corrected chi connectivity index (χ0v) is 22.3. The molecule has 4 heterocycles. The van der Waals surface area contributed by atoms with Crippen molar-refractivity contribution in [2.45, 2.75) is 63.6 Å². The summed E-state index contributed by atoms with van der Waals surface area (Å²) in [5, 5.41) is 2.32. The lowest BCUT2D eigenvalue weighted by Gasteiger charge is -2.35. The fourth-order valence-corrected chi connectivity index (χ4v) is 6.17. The van der Waals surface area contributed by atoms with Crippen LogP contribution >= 0.6 is 0 Å². The first-order valence-electron chi connectivity index (χ1n) is 14.0. The standard InChI is InChI=1S/C30H32N4O6/c35-26-12-11-25(28(37)31-26)34-17-20-16-23(9-10-24(20)30(34)39)40-18-22-6-1-2-13-33(22)29(38)19-5-3-7-21(15-19)32-14-4-8-27(32)36/h3,5,7,9-10,15-16,22,25H,1-2,4,6,8,11-14,17-18H2,(H,31,35,37)/t22-,25?/m0/s1. The molecule has 3 fully saturated rings. The maximum absolute atomic E-state index is 13.6. The number of fused-ring (bicyclic) bond motifs is 1. The number of nitrogens with one attached hydrogen (secondary N) is 1. The van der Waals surface area contributed by atoms with Gasteiger partial charge in [0, 0.05) is 49.3 Å². The zero-order valence-electron chi connectivity index (χ0n) is 22.3. The summed E-state index contributed by atoms with van der Waals surface area (Å²) in [4.78, 5) is 67.7. The van der Waals surface area contributed by atoms with Crippen LogP contribution < -0.4 is 15.0 Å². The van der Waals surface area contributed by atoms with Gasteiger partial charge in [0.25, 0.3) is 11.8 Å². The third kappa shape index (κ3) is 4.94. The van der Waals surface area contributed by atoms with E-state index in [1.54, 1.807) is 23.1 Å². The molecule has 5 amide bonds. The third-order valence-corrected chi connectivity index (χ3v) is 8.30. The first-order chi connectivity index (χ1) is 19.4. The minimum atomic E-state index is -0.661. The lowest BCUT2D eigenvalue weighted by atomic mass is 10.0. The Bertz CT molecular complexity index is 1390. The first kappa shape index (κ1) is 26.0. The average molecular weight is 545 g/mol. The number of ether oxygens (including phenoxy) is 1. The van der Waals surface area contributed by atoms with E-state index in [9.17, 15) is 24.0 Å². The second-order valence-electron chi connectivity index (χ2n) is 10.9. The summed E-state index contributed by atoms with van der Waals surface area (Å²) in [5.74, 6) is -0.354. The molecule has 1 unspecified atom stereocenters. The second kappa shape index (κ2) is 10.7. The van der Waals surface area contributed by atoms with E-state index in [-0.39, 0.29) is 42.6 Å². The molecule has 0 saturated carbocycles. The number of hydrogen-bond donors (Lipinski definition) is 1. The molecule has 6 rings (SSSR count). The fourth-order valence-electron chi connectivity index (χ4n) is 6.17. The molecule has 2 atom stereocenters. The highest BCUT2D eigenvalue weighted by molar-refractivity contribution is 6.05. The van der Waals surface area contributed by atoms with E-state index in [2.05, 4.69) is 5.32 Å². The number of piperidine rings is 2. The Kier molecular flexibility index (Phi) is 7.00. The van der Waals surface area contributed by atoms with Crippen molar-refractivity contribution in [3.8, 4) is 5.75 Å². The minimum absolute atomic E-state index is 0.0683. The van der Waals surface area contributed by atoms with Crippen molar-refractivity contribution in [2.75, 3.05) is 24.6 Å². The van der Waals surface area contributed by atoms with E-state index in [1.807, 2.05) is 29.2 Å². The van der Waals surface area contributed by atoms with Crippen LogP contribution in [0, 0.1) is 0 Å². The molecule has 0 aliphatic carbocycles. The summed E-state index contributed by atoms with van der Waals surface area (Å²) >= 11 is 0. The van der Waals surface area contributed by atoms with Gasteiger partial charge in [0.05, 0.1) is 6.04 Å². The largest absolute Gasteiger partial charge is 0.491 e. The molecule has 0 radical (unpaired) electrons. The monoisotopic (exact) mass is 544 g/mol. The number of benzene rings is 2. The van der Waals surface area contributed by atoms with Crippen molar-refractivity contribution < 1.29 is 28.7 Å². The maximum atomic E-state index is 13.6. The Morgan fingerprint density at radius 2 is 1.82 bits per heavy atom. The van der Waals surface area contributed by atoms with Crippen molar-refractivity contribution in [3.05, 3.63) is 59.2 Å². The maximum Gasteiger partial charge on any atom is 0.255 e. The van der Waals surface area contributed by atoms with E-state index >= 15 is 0 Å². The highest BCUT2D eigenvalue weighted by Crippen LogP contribution is 2.31. The lowest BCUT2D eigenvalue weighted by Crippen LogP contribution is -2.52. The van der Waals surface area contributed by atoms with Crippen molar-refractivity contribution in [2.24, 2.45) is 0 Å². The minimum Gasteiger partial charge on any atom is -0.491 e. The Morgan fingerprint density at radius 3 is 2.62 bits per heavy atom. The van der Waals surface area contributed by atoms with Gasteiger partial charge in [0.15, 0.2) is 0 Å². The van der Waals surface area contributed by atoms with Crippen LogP contribution in [-0.4, -0.2) is 71.1 Å². The van der Waals surface area contributed by atoms with Gasteiger partial charge in [0.1, 0.15) is 18.4 Å². The second-order valence-corrected chi connectivity index (χ2v) is 10.9. The quantitative estimate of drug-likeness (QED) is 0.559. The van der Waals surface area contributed by atoms with Gasteiger partial charge in [0.2, 0.25) is 17.7 Å². The average Bonchev–Trinajstić information content (AvgIpc) is 3.54. The topological polar surface area (TPSA) is 116 Å². The Balaban J connectivity index is 1.12. The Labute approximate surface area is 232 Å². The fraction of sp³-hybridized carbons (Fsp3) is 0.433. The lowest BCUT2D eigenvalue weighted by molar-refractivity contribution is -0.137. The molecule has 0 bridgehead atoms. The predicted octanol–water partition coefficient (Wildman–Crippen LogP) is 2.65. The van der Waals surface area contributed by atoms with E-state index < -0.39 is 11.9 Å². The zero-order chi connectivity index (χ0) is 27.8. The molecule has 4 aliphatic heterocycles. The molecule has 2 aromatic rings. The number of imide groups is 1. The van der Waals surface area contributed by atoms with Crippen LogP contribution in [0.15, 0.2) is 42.5 Å². The van der Waals surface area contributed by atoms with Crippen LogP contribution in [0.5, 0.6) is 5.75 Å². The van der Waals surface area contributed by atoms with Crippen LogP contribution in [0.2, 0.25) is 0 Å². The summed E-state index contributed by atoms with van der Waals surface area (Å²) in [7, 11) is 0. The number of carbonyl (C=O) groups excluding carboxylic acids is 5. The van der Waals surface area contributed by atoms with Crippen LogP contribution in [0.25, 0.3) is 0 Å². The molecule has 10 nitrogen and oxygen atoms in total. The SMILES string of the molecule is O=C1CCC(N2Cc3cc(OC[C@@H]4CCCCN4C(=O)c4cccc(N5CCCC5=O)c4)ccc3C2=O)C(=O)N1. The van der Waals surface area contributed by atoms with Gasteiger partial charge in [-0.1, -0.05) is 6.07 Å². The summed E-state index contributed by atoms with van der Waals surface area (Å²) in [5.41, 5.74) is 2.63. The molecule has 0 aromatic heterocycles. The number of amides is 5. The number of anilines is 1. The number of likely N-dealkylation sites (tertiary alicyclic amines) is 1. The smallest absolute Gasteiger partial charge is 0.255 e. The third-order valence-electron chi connectivity index (χ3n) is 8.30. The van der Waals surface area contributed by atoms with Gasteiger partial charge in [-0.25, -0.2) is 0 Å². The number of carbonyl (C=O) groups is 5. The van der Waals surface area contributed by atoms with Crippen LogP contribution in [0.1, 0.15) is 71.2 Å². The van der Waals surface area contributed by atoms with Gasteiger partial charge in [-0.15, -0.1) is 0 Å². The van der Waals surface area contributed by atoms with Crippen LogP contribution in [-0.2, 0) is 20.9 Å². The number of hydrogen-bond acceptors (Lipinski definition) is 6. The highest BCUT2D eigenvalue weighted by atomic mass is 16.5. The molecular formula is C30H32N4O6. The van der Waals surface area contributed by atoms with E-state index in [0.717, 1.165) is 36.9 Å². The summed E-state index contributed by atoms with van der Waals surface area (Å²) < 4.78 is 6.16. The van der Waals surface area contributed by atoms with Gasteiger partial charge >= 0.3 is 0 Å². The highest BCUT2D eigenvalue weighted by Gasteiger charge is 2.39. The summed E-state index contributed by atoms with van der Waals surface area (Å²) in [6.45, 7) is 1.91. The van der Waals surface area contributed by atoms with E-state index in [0.29, 0.717) is 49.4 Å². The molecule has 1 N–H and O–H groups in total. The van der Waals surface area contributed by atoms with E-state index in [4.69, 9.17) is 4.74 Å². The van der Waals surface area contributed by atoms with E-state index in [1.165, 1.54) is 4.90 Å². The molecule has 3 saturated heterocycles. The normalized spacial score (nSPS) is 22.9. The molecule has 10 heteroatoms. The van der Waals surface area contributed by atoms with Crippen LogP contribution in [0.3, 0.4) is 0 Å². The molecule has 2 aromatic carbocycles. The molecule has 4 aliphatic rings. The molecule has 208 valence electrons. The Morgan fingerprint density at radius 1 is 0.950 bits per heavy atom. The summed E-state index contributed by atoms with van der Waals surface area (Å²) in [6, 6.07) is 11.8. The van der Waals surface area contributed by atoms with Crippen molar-refractivity contribution >= 4 is 35.2 Å². The number of rotatable bonds is 6. The van der Waals surface area contributed by atoms with Gasteiger partial charge in [-0.3, -0.25) is 29.3 Å². The van der Waals surface area contributed by atoms with Crippen molar-refractivity contribution in [1.82, 2.24) is 15.1 Å². The van der Waals surface area contributed by atoms with Gasteiger partial charge < -0.3 is 19.4 Å². The number of nitrogens with zero attached hydrogens (tertiary/aromatic N) is 3. The Hall–Kier alpha value is -4.21. The van der Waals surface area contributed by atoms with Crippen LogP contribution in [0.4, 0.5) is 5.69 Å². The molecule has 40 heavy (non-hydrogen) atoms. The van der Waals surface area contributed by atoms with Gasteiger partial charge in [-0.05, 0) is 74.1 Å². The predicted molar refractivity (Wildman–Crippen MR) is 145 cm³/mol.